The summed E-state index contributed by atoms with van der Waals surface area (Å²) in [4.78, 5) is 0. The van der Waals surface area contributed by atoms with Crippen molar-refractivity contribution in [2.75, 3.05) is 6.54 Å². The number of aryl methyl sites for hydroxylation is 2. The normalized spacial score (nSPS) is 16.4. The minimum absolute atomic E-state index is 0.423. The van der Waals surface area contributed by atoms with Gasteiger partial charge in [-0.05, 0) is 50.1 Å². The molecule has 0 spiro atoms. The van der Waals surface area contributed by atoms with E-state index in [1.54, 1.807) is 0 Å². The highest BCUT2D eigenvalue weighted by atomic mass is 15.2. The van der Waals surface area contributed by atoms with Crippen LogP contribution in [0.2, 0.25) is 0 Å². The first-order chi connectivity index (χ1) is 8.07. The van der Waals surface area contributed by atoms with Crippen LogP contribution >= 0.6 is 0 Å². The topological polar surface area (TPSA) is 29.9 Å². The average molecular weight is 235 g/mol. The van der Waals surface area contributed by atoms with E-state index in [2.05, 4.69) is 30.3 Å². The Morgan fingerprint density at radius 3 is 2.76 bits per heavy atom. The number of rotatable bonds is 7. The first-order valence-electron chi connectivity index (χ1n) is 6.77. The summed E-state index contributed by atoms with van der Waals surface area (Å²) in [6.07, 6.45) is 8.29. The third-order valence-electron chi connectivity index (χ3n) is 3.79. The molecule has 1 aromatic rings. The summed E-state index contributed by atoms with van der Waals surface area (Å²) in [7, 11) is 2.02. The molecule has 1 heterocycles. The van der Waals surface area contributed by atoms with Crippen molar-refractivity contribution < 1.29 is 0 Å². The minimum Gasteiger partial charge on any atom is -0.314 e. The van der Waals surface area contributed by atoms with E-state index < -0.39 is 0 Å². The number of nitrogens with one attached hydrogen (secondary N) is 1. The molecule has 1 aliphatic carbocycles. The molecule has 3 nitrogen and oxygen atoms in total. The molecule has 17 heavy (non-hydrogen) atoms. The van der Waals surface area contributed by atoms with Gasteiger partial charge < -0.3 is 5.32 Å². The fourth-order valence-corrected chi connectivity index (χ4v) is 2.14. The fraction of sp³-hybridized carbons (Fsp3) is 0.786. The minimum atomic E-state index is 0.423. The fourth-order valence-electron chi connectivity index (χ4n) is 2.14. The van der Waals surface area contributed by atoms with Crippen molar-refractivity contribution >= 4 is 0 Å². The lowest BCUT2D eigenvalue weighted by Gasteiger charge is -2.24. The summed E-state index contributed by atoms with van der Waals surface area (Å²) < 4.78 is 1.98. The van der Waals surface area contributed by atoms with Crippen molar-refractivity contribution in [1.82, 2.24) is 15.1 Å². The molecule has 0 amide bonds. The average Bonchev–Trinajstić information content (AvgIpc) is 2.98. The second-order valence-electron chi connectivity index (χ2n) is 6.09. The van der Waals surface area contributed by atoms with Crippen LogP contribution in [0.5, 0.6) is 0 Å². The number of hydrogen-bond donors (Lipinski definition) is 1. The number of aromatic nitrogens is 2. The highest BCUT2D eigenvalue weighted by Crippen LogP contribution is 2.27. The summed E-state index contributed by atoms with van der Waals surface area (Å²) in [6.45, 7) is 5.92. The largest absolute Gasteiger partial charge is 0.314 e. The van der Waals surface area contributed by atoms with Gasteiger partial charge in [0.15, 0.2) is 0 Å². The van der Waals surface area contributed by atoms with Crippen LogP contribution in [0.15, 0.2) is 12.3 Å². The van der Waals surface area contributed by atoms with Crippen LogP contribution in [0.4, 0.5) is 0 Å². The Hall–Kier alpha value is -0.830. The molecule has 0 aromatic carbocycles. The van der Waals surface area contributed by atoms with E-state index >= 15 is 0 Å². The molecular formula is C14H25N3. The molecule has 1 fully saturated rings. The third kappa shape index (κ3) is 4.15. The Balaban J connectivity index is 1.70. The van der Waals surface area contributed by atoms with Crippen LogP contribution in [-0.2, 0) is 13.5 Å². The summed E-state index contributed by atoms with van der Waals surface area (Å²) in [5.41, 5.74) is 1.76. The van der Waals surface area contributed by atoms with E-state index in [0.29, 0.717) is 5.41 Å². The maximum Gasteiger partial charge on any atom is 0.0492 e. The molecule has 0 radical (unpaired) electrons. The number of hydrogen-bond acceptors (Lipinski definition) is 2. The van der Waals surface area contributed by atoms with Crippen LogP contribution in [0.3, 0.4) is 0 Å². The van der Waals surface area contributed by atoms with Crippen molar-refractivity contribution in [3.05, 3.63) is 18.0 Å². The van der Waals surface area contributed by atoms with Crippen LogP contribution in [0.1, 0.15) is 45.2 Å². The molecule has 0 atom stereocenters. The van der Waals surface area contributed by atoms with Crippen LogP contribution < -0.4 is 5.32 Å². The second-order valence-corrected chi connectivity index (χ2v) is 6.09. The zero-order valence-electron chi connectivity index (χ0n) is 11.4. The van der Waals surface area contributed by atoms with Gasteiger partial charge in [0.25, 0.3) is 0 Å². The molecule has 1 aliphatic rings. The van der Waals surface area contributed by atoms with Crippen molar-refractivity contribution in [2.24, 2.45) is 12.5 Å². The van der Waals surface area contributed by atoms with Crippen LogP contribution in [0, 0.1) is 5.41 Å². The van der Waals surface area contributed by atoms with Gasteiger partial charge in [0.2, 0.25) is 0 Å². The lowest BCUT2D eigenvalue weighted by Crippen LogP contribution is -2.24. The van der Waals surface area contributed by atoms with Gasteiger partial charge in [0.05, 0.1) is 0 Å². The Kier molecular flexibility index (Phi) is 3.87. The number of nitrogens with zero attached hydrogens (tertiary/aromatic N) is 2. The molecule has 0 aliphatic heterocycles. The highest BCUT2D eigenvalue weighted by molar-refractivity contribution is 5.00. The van der Waals surface area contributed by atoms with Gasteiger partial charge in [-0.2, -0.15) is 5.10 Å². The molecule has 1 saturated carbocycles. The van der Waals surface area contributed by atoms with Crippen LogP contribution in [0.25, 0.3) is 0 Å². The smallest absolute Gasteiger partial charge is 0.0492 e. The standard InChI is InChI=1S/C14H25N3/c1-14(2,9-11-15-12-4-5-12)8-6-13-7-10-16-17(13)3/h7,10,12,15H,4-6,8-9,11H2,1-3H3. The Labute approximate surface area is 105 Å². The SMILES string of the molecule is Cn1nccc1CCC(C)(C)CCNC1CC1. The van der Waals surface area contributed by atoms with Gasteiger partial charge in [0.1, 0.15) is 0 Å². The Bertz CT molecular complexity index is 350. The van der Waals surface area contributed by atoms with E-state index in [4.69, 9.17) is 0 Å². The highest BCUT2D eigenvalue weighted by Gasteiger charge is 2.22. The van der Waals surface area contributed by atoms with E-state index in [0.717, 1.165) is 12.5 Å². The summed E-state index contributed by atoms with van der Waals surface area (Å²) >= 11 is 0. The van der Waals surface area contributed by atoms with E-state index in [1.807, 2.05) is 17.9 Å². The Morgan fingerprint density at radius 2 is 2.18 bits per heavy atom. The summed E-state index contributed by atoms with van der Waals surface area (Å²) in [5, 5.41) is 7.81. The Morgan fingerprint density at radius 1 is 1.41 bits per heavy atom. The van der Waals surface area contributed by atoms with Crippen LogP contribution in [-0.4, -0.2) is 22.4 Å². The summed E-state index contributed by atoms with van der Waals surface area (Å²) in [5.74, 6) is 0. The van der Waals surface area contributed by atoms with Gasteiger partial charge in [-0.25, -0.2) is 0 Å². The van der Waals surface area contributed by atoms with Gasteiger partial charge in [-0.3, -0.25) is 4.68 Å². The molecule has 96 valence electrons. The first kappa shape index (κ1) is 12.6. The predicted octanol–water partition coefficient (Wildman–Crippen LogP) is 2.52. The van der Waals surface area contributed by atoms with Crippen molar-refractivity contribution in [1.29, 1.82) is 0 Å². The lowest BCUT2D eigenvalue weighted by molar-refractivity contribution is 0.299. The molecular weight excluding hydrogens is 210 g/mol. The van der Waals surface area contributed by atoms with Crippen molar-refractivity contribution in [3.8, 4) is 0 Å². The summed E-state index contributed by atoms with van der Waals surface area (Å²) in [6, 6.07) is 2.96. The van der Waals surface area contributed by atoms with Gasteiger partial charge in [-0.15, -0.1) is 0 Å². The first-order valence-corrected chi connectivity index (χ1v) is 6.77. The van der Waals surface area contributed by atoms with Gasteiger partial charge in [-0.1, -0.05) is 13.8 Å². The second kappa shape index (κ2) is 5.21. The van der Waals surface area contributed by atoms with E-state index in [9.17, 15) is 0 Å². The molecule has 2 rings (SSSR count). The molecule has 0 unspecified atom stereocenters. The van der Waals surface area contributed by atoms with E-state index in [-0.39, 0.29) is 0 Å². The van der Waals surface area contributed by atoms with Crippen molar-refractivity contribution in [3.63, 3.8) is 0 Å². The molecule has 0 saturated heterocycles. The molecule has 0 bridgehead atoms. The molecule has 1 N–H and O–H groups in total. The third-order valence-corrected chi connectivity index (χ3v) is 3.79. The molecule has 1 aromatic heterocycles. The maximum absolute atomic E-state index is 4.22. The van der Waals surface area contributed by atoms with Gasteiger partial charge in [0, 0.05) is 25.0 Å². The molecule has 3 heteroatoms. The van der Waals surface area contributed by atoms with Crippen molar-refractivity contribution in [2.45, 2.75) is 52.0 Å². The maximum atomic E-state index is 4.22. The quantitative estimate of drug-likeness (QED) is 0.787. The zero-order valence-corrected chi connectivity index (χ0v) is 11.4. The monoisotopic (exact) mass is 235 g/mol. The predicted molar refractivity (Wildman–Crippen MR) is 71.0 cm³/mol. The van der Waals surface area contributed by atoms with Gasteiger partial charge >= 0.3 is 0 Å². The zero-order chi connectivity index (χ0) is 12.3. The van der Waals surface area contributed by atoms with E-state index in [1.165, 1.54) is 37.9 Å². The lowest BCUT2D eigenvalue weighted by atomic mass is 9.84.